The number of rotatable bonds is 6. The molecule has 2 fully saturated rings. The van der Waals surface area contributed by atoms with E-state index in [1.165, 1.54) is 31.2 Å². The minimum Gasteiger partial charge on any atom is -0.355 e. The fraction of sp³-hybridized carbons (Fsp3) is 0.667. The molecule has 104 valence electrons. The maximum atomic E-state index is 6.39. The zero-order chi connectivity index (χ0) is 13.4. The second-order valence-electron chi connectivity index (χ2n) is 5.99. The Kier molecular flexibility index (Phi) is 3.68. The second kappa shape index (κ2) is 5.29. The predicted molar refractivity (Wildman–Crippen MR) is 79.7 cm³/mol. The lowest BCUT2D eigenvalue weighted by atomic mass is 10.2. The van der Waals surface area contributed by atoms with Crippen molar-refractivity contribution in [2.75, 3.05) is 11.9 Å². The Hall–Kier alpha value is -0.800. The van der Waals surface area contributed by atoms with Crippen LogP contribution in [0.25, 0.3) is 0 Å². The largest absolute Gasteiger partial charge is 0.355 e. The van der Waals surface area contributed by atoms with Gasteiger partial charge < -0.3 is 10.2 Å². The summed E-state index contributed by atoms with van der Waals surface area (Å²) < 4.78 is 0. The normalized spacial score (nSPS) is 20.4. The molecular formula is C15H22ClN3. The third-order valence-corrected chi connectivity index (χ3v) is 4.58. The smallest absolute Gasteiger partial charge is 0.147 e. The summed E-state index contributed by atoms with van der Waals surface area (Å²) in [5.41, 5.74) is 1.17. The van der Waals surface area contributed by atoms with Gasteiger partial charge in [-0.25, -0.2) is 4.98 Å². The van der Waals surface area contributed by atoms with Crippen LogP contribution in [-0.2, 0) is 6.54 Å². The summed E-state index contributed by atoms with van der Waals surface area (Å²) in [6.07, 6.45) is 7.24. The summed E-state index contributed by atoms with van der Waals surface area (Å²) in [5, 5.41) is 4.26. The number of hydrogen-bond acceptors (Lipinski definition) is 3. The van der Waals surface area contributed by atoms with Crippen LogP contribution in [0.4, 0.5) is 5.82 Å². The lowest BCUT2D eigenvalue weighted by molar-refractivity contribution is 0.603. The van der Waals surface area contributed by atoms with E-state index < -0.39 is 0 Å². The second-order valence-corrected chi connectivity index (χ2v) is 6.40. The Bertz CT molecular complexity index is 455. The van der Waals surface area contributed by atoms with Gasteiger partial charge in [0.05, 0.1) is 5.02 Å². The molecule has 1 aromatic rings. The molecule has 2 aliphatic rings. The highest BCUT2D eigenvalue weighted by Gasteiger charge is 2.31. The van der Waals surface area contributed by atoms with Crippen molar-refractivity contribution in [2.24, 2.45) is 5.92 Å². The predicted octanol–water partition coefficient (Wildman–Crippen LogP) is 3.22. The van der Waals surface area contributed by atoms with Gasteiger partial charge in [0, 0.05) is 31.9 Å². The quantitative estimate of drug-likeness (QED) is 0.867. The van der Waals surface area contributed by atoms with Gasteiger partial charge in [-0.15, -0.1) is 0 Å². The van der Waals surface area contributed by atoms with E-state index >= 15 is 0 Å². The van der Waals surface area contributed by atoms with E-state index in [0.717, 1.165) is 29.3 Å². The van der Waals surface area contributed by atoms with Gasteiger partial charge in [-0.3, -0.25) is 0 Å². The van der Waals surface area contributed by atoms with Crippen molar-refractivity contribution in [1.82, 2.24) is 10.3 Å². The van der Waals surface area contributed by atoms with E-state index in [2.05, 4.69) is 35.2 Å². The molecule has 4 heteroatoms. The molecule has 1 aromatic heterocycles. The molecule has 0 aliphatic heterocycles. The summed E-state index contributed by atoms with van der Waals surface area (Å²) in [5.74, 6) is 1.73. The third-order valence-electron chi connectivity index (χ3n) is 4.30. The molecule has 1 heterocycles. The van der Waals surface area contributed by atoms with E-state index in [1.54, 1.807) is 0 Å². The molecule has 0 saturated heterocycles. The van der Waals surface area contributed by atoms with Gasteiger partial charge in [-0.1, -0.05) is 11.6 Å². The zero-order valence-corrected chi connectivity index (χ0v) is 12.5. The van der Waals surface area contributed by atoms with Crippen LogP contribution in [0.1, 0.15) is 38.2 Å². The lowest BCUT2D eigenvalue weighted by Crippen LogP contribution is -2.31. The molecule has 3 rings (SSSR count). The Morgan fingerprint density at radius 1 is 1.42 bits per heavy atom. The van der Waals surface area contributed by atoms with E-state index in [9.17, 15) is 0 Å². The summed E-state index contributed by atoms with van der Waals surface area (Å²) in [7, 11) is 2.10. The van der Waals surface area contributed by atoms with E-state index in [0.29, 0.717) is 6.04 Å². The van der Waals surface area contributed by atoms with Crippen LogP contribution in [0, 0.1) is 5.92 Å². The van der Waals surface area contributed by atoms with Gasteiger partial charge in [0.25, 0.3) is 0 Å². The van der Waals surface area contributed by atoms with Crippen LogP contribution in [-0.4, -0.2) is 24.1 Å². The van der Waals surface area contributed by atoms with Crippen molar-refractivity contribution in [3.63, 3.8) is 0 Å². The maximum absolute atomic E-state index is 6.39. The zero-order valence-electron chi connectivity index (χ0n) is 11.7. The van der Waals surface area contributed by atoms with Crippen molar-refractivity contribution in [1.29, 1.82) is 0 Å². The van der Waals surface area contributed by atoms with Crippen molar-refractivity contribution < 1.29 is 0 Å². The molecule has 3 nitrogen and oxygen atoms in total. The monoisotopic (exact) mass is 279 g/mol. The first-order valence-electron chi connectivity index (χ1n) is 7.26. The van der Waals surface area contributed by atoms with Crippen LogP contribution < -0.4 is 10.2 Å². The fourth-order valence-corrected chi connectivity index (χ4v) is 2.79. The molecule has 0 radical (unpaired) electrons. The topological polar surface area (TPSA) is 28.2 Å². The van der Waals surface area contributed by atoms with Crippen molar-refractivity contribution in [3.8, 4) is 0 Å². The SMILES string of the molecule is CC(C1CC1)N(C)c1ncc(CNC2CC2)cc1Cl. The maximum Gasteiger partial charge on any atom is 0.147 e. The van der Waals surface area contributed by atoms with Gasteiger partial charge in [-0.05, 0) is 50.2 Å². The highest BCUT2D eigenvalue weighted by atomic mass is 35.5. The Labute approximate surface area is 120 Å². The average Bonchev–Trinajstić information content (AvgIpc) is 3.28. The summed E-state index contributed by atoms with van der Waals surface area (Å²) in [6, 6.07) is 3.30. The van der Waals surface area contributed by atoms with Crippen LogP contribution in [0.3, 0.4) is 0 Å². The highest BCUT2D eigenvalue weighted by molar-refractivity contribution is 6.33. The van der Waals surface area contributed by atoms with E-state index in [4.69, 9.17) is 11.6 Å². The Balaban J connectivity index is 1.67. The van der Waals surface area contributed by atoms with E-state index in [-0.39, 0.29) is 0 Å². The average molecular weight is 280 g/mol. The molecule has 1 N–H and O–H groups in total. The van der Waals surface area contributed by atoms with Gasteiger partial charge in [0.2, 0.25) is 0 Å². The number of nitrogens with one attached hydrogen (secondary N) is 1. The molecule has 0 bridgehead atoms. The number of hydrogen-bond donors (Lipinski definition) is 1. The summed E-state index contributed by atoms with van der Waals surface area (Å²) in [6.45, 7) is 3.14. The minimum absolute atomic E-state index is 0.528. The molecule has 2 saturated carbocycles. The van der Waals surface area contributed by atoms with Gasteiger partial charge in [-0.2, -0.15) is 0 Å². The van der Waals surface area contributed by atoms with Crippen molar-refractivity contribution in [3.05, 3.63) is 22.8 Å². The van der Waals surface area contributed by atoms with Gasteiger partial charge in [0.15, 0.2) is 0 Å². The number of anilines is 1. The van der Waals surface area contributed by atoms with Crippen LogP contribution in [0.5, 0.6) is 0 Å². The molecule has 0 amide bonds. The summed E-state index contributed by atoms with van der Waals surface area (Å²) >= 11 is 6.39. The Morgan fingerprint density at radius 2 is 2.16 bits per heavy atom. The van der Waals surface area contributed by atoms with Gasteiger partial charge in [0.1, 0.15) is 5.82 Å². The minimum atomic E-state index is 0.528. The molecule has 1 atom stereocenters. The molecule has 0 spiro atoms. The lowest BCUT2D eigenvalue weighted by Gasteiger charge is -2.26. The molecule has 19 heavy (non-hydrogen) atoms. The van der Waals surface area contributed by atoms with Crippen molar-refractivity contribution >= 4 is 17.4 Å². The van der Waals surface area contributed by atoms with Crippen LogP contribution in [0.15, 0.2) is 12.3 Å². The van der Waals surface area contributed by atoms with Crippen LogP contribution in [0.2, 0.25) is 5.02 Å². The third kappa shape index (κ3) is 3.21. The van der Waals surface area contributed by atoms with Crippen molar-refractivity contribution in [2.45, 2.75) is 51.2 Å². The molecule has 1 unspecified atom stereocenters. The summed E-state index contributed by atoms with van der Waals surface area (Å²) in [4.78, 5) is 6.78. The standard InChI is InChI=1S/C15H22ClN3/c1-10(12-3-4-12)19(2)15-14(16)7-11(9-18-15)8-17-13-5-6-13/h7,9-10,12-13,17H,3-6,8H2,1-2H3. The number of pyridine rings is 1. The fourth-order valence-electron chi connectivity index (χ4n) is 2.46. The first kappa shape index (κ1) is 13.2. The molecule has 2 aliphatic carbocycles. The highest BCUT2D eigenvalue weighted by Crippen LogP contribution is 2.37. The van der Waals surface area contributed by atoms with E-state index in [1.807, 2.05) is 6.20 Å². The molecular weight excluding hydrogens is 258 g/mol. The number of aromatic nitrogens is 1. The van der Waals surface area contributed by atoms with Crippen LogP contribution >= 0.6 is 11.6 Å². The molecule has 0 aromatic carbocycles. The number of nitrogens with zero attached hydrogens (tertiary/aromatic N) is 2. The first-order valence-corrected chi connectivity index (χ1v) is 7.63. The first-order chi connectivity index (χ1) is 9.15. The number of halogens is 1. The van der Waals surface area contributed by atoms with Gasteiger partial charge >= 0.3 is 0 Å². The Morgan fingerprint density at radius 3 is 2.74 bits per heavy atom.